The van der Waals surface area contributed by atoms with Crippen molar-refractivity contribution in [2.45, 2.75) is 50.6 Å². The van der Waals surface area contributed by atoms with Gasteiger partial charge in [0.2, 0.25) is 11.8 Å². The monoisotopic (exact) mass is 456 g/mol. The predicted molar refractivity (Wildman–Crippen MR) is 118 cm³/mol. The lowest BCUT2D eigenvalue weighted by atomic mass is 9.92. The molecule has 1 aliphatic heterocycles. The molecule has 0 spiro atoms. The molecule has 1 aliphatic carbocycles. The summed E-state index contributed by atoms with van der Waals surface area (Å²) in [5, 5.41) is 18.9. The van der Waals surface area contributed by atoms with E-state index in [1.54, 1.807) is 18.3 Å². The van der Waals surface area contributed by atoms with Crippen LogP contribution in [0.2, 0.25) is 5.15 Å². The van der Waals surface area contributed by atoms with Gasteiger partial charge in [-0.3, -0.25) is 14.4 Å². The van der Waals surface area contributed by atoms with Gasteiger partial charge >= 0.3 is 0 Å². The number of nitriles is 1. The molecule has 0 unspecified atom stereocenters. The van der Waals surface area contributed by atoms with Crippen molar-refractivity contribution in [1.82, 2.24) is 25.9 Å². The molecule has 1 saturated heterocycles. The lowest BCUT2D eigenvalue weighted by molar-refractivity contribution is -0.128. The third-order valence-corrected chi connectivity index (χ3v) is 6.20. The summed E-state index contributed by atoms with van der Waals surface area (Å²) >= 11 is 5.91. The average molecular weight is 457 g/mol. The van der Waals surface area contributed by atoms with E-state index < -0.39 is 23.9 Å². The summed E-state index contributed by atoms with van der Waals surface area (Å²) in [6, 6.07) is 3.83. The second kappa shape index (κ2) is 9.57. The van der Waals surface area contributed by atoms with Crippen LogP contribution in [-0.2, 0) is 9.59 Å². The highest BCUT2D eigenvalue weighted by molar-refractivity contribution is 6.30. The van der Waals surface area contributed by atoms with Crippen molar-refractivity contribution in [2.75, 3.05) is 6.54 Å². The Morgan fingerprint density at radius 3 is 2.78 bits per heavy atom. The minimum Gasteiger partial charge on any atom is -0.356 e. The molecule has 168 valence electrons. The number of fused-ring (bicyclic) bond motifs is 1. The smallest absolute Gasteiger partial charge is 0.268 e. The highest BCUT2D eigenvalue weighted by Gasteiger charge is 2.33. The fourth-order valence-corrected chi connectivity index (χ4v) is 4.21. The highest BCUT2D eigenvalue weighted by atomic mass is 35.5. The lowest BCUT2D eigenvalue weighted by Crippen LogP contribution is -2.50. The molecular formula is C22H25ClN6O3. The van der Waals surface area contributed by atoms with Crippen LogP contribution in [0, 0.1) is 23.2 Å². The van der Waals surface area contributed by atoms with Crippen LogP contribution < -0.4 is 16.0 Å². The molecule has 0 radical (unpaired) electrons. The Hall–Kier alpha value is -3.12. The van der Waals surface area contributed by atoms with Gasteiger partial charge in [-0.15, -0.1) is 0 Å². The van der Waals surface area contributed by atoms with Gasteiger partial charge in [0.15, 0.2) is 0 Å². The van der Waals surface area contributed by atoms with E-state index in [9.17, 15) is 19.6 Å². The summed E-state index contributed by atoms with van der Waals surface area (Å²) < 4.78 is 0. The second-order valence-corrected chi connectivity index (χ2v) is 8.93. The van der Waals surface area contributed by atoms with Gasteiger partial charge in [0.05, 0.1) is 17.8 Å². The summed E-state index contributed by atoms with van der Waals surface area (Å²) in [5.41, 5.74) is 0.964. The normalized spacial score (nSPS) is 20.1. The average Bonchev–Trinajstić information content (AvgIpc) is 3.49. The third kappa shape index (κ3) is 5.37. The number of aromatic amines is 1. The second-order valence-electron chi connectivity index (χ2n) is 8.54. The van der Waals surface area contributed by atoms with E-state index >= 15 is 0 Å². The predicted octanol–water partition coefficient (Wildman–Crippen LogP) is 2.04. The van der Waals surface area contributed by atoms with E-state index in [1.807, 2.05) is 0 Å². The van der Waals surface area contributed by atoms with E-state index in [0.29, 0.717) is 41.7 Å². The molecule has 3 atom stereocenters. The van der Waals surface area contributed by atoms with Crippen molar-refractivity contribution in [3.63, 3.8) is 0 Å². The number of hydrogen-bond donors (Lipinski definition) is 4. The number of H-pyrrole nitrogens is 1. The van der Waals surface area contributed by atoms with Crippen LogP contribution in [0.25, 0.3) is 10.9 Å². The van der Waals surface area contributed by atoms with E-state index in [4.69, 9.17) is 11.6 Å². The van der Waals surface area contributed by atoms with Crippen LogP contribution in [0.4, 0.5) is 0 Å². The number of pyridine rings is 1. The molecule has 4 N–H and O–H groups in total. The first-order valence-corrected chi connectivity index (χ1v) is 11.2. The quantitative estimate of drug-likeness (QED) is 0.450. The van der Waals surface area contributed by atoms with Crippen LogP contribution in [0.3, 0.4) is 0 Å². The van der Waals surface area contributed by atoms with E-state index in [2.05, 4.69) is 32.0 Å². The molecule has 1 saturated carbocycles. The topological polar surface area (TPSA) is 140 Å². The maximum Gasteiger partial charge on any atom is 0.268 e. The largest absolute Gasteiger partial charge is 0.356 e. The molecule has 2 aliphatic rings. The first-order chi connectivity index (χ1) is 15.4. The number of hydrogen-bond acceptors (Lipinski definition) is 5. The number of nitrogens with zero attached hydrogens (tertiary/aromatic N) is 2. The van der Waals surface area contributed by atoms with Crippen LogP contribution >= 0.6 is 11.6 Å². The number of piperidine rings is 1. The molecule has 2 aromatic heterocycles. The molecule has 4 rings (SSSR count). The molecule has 3 amide bonds. The minimum atomic E-state index is -0.795. The summed E-state index contributed by atoms with van der Waals surface area (Å²) in [6.45, 7) is 0.643. The molecule has 10 heteroatoms. The number of aromatic nitrogens is 2. The Labute approximate surface area is 190 Å². The minimum absolute atomic E-state index is 0.0815. The van der Waals surface area contributed by atoms with Gasteiger partial charge in [0.1, 0.15) is 22.9 Å². The van der Waals surface area contributed by atoms with Gasteiger partial charge in [-0.2, -0.15) is 5.26 Å². The highest BCUT2D eigenvalue weighted by Crippen LogP contribution is 2.33. The van der Waals surface area contributed by atoms with Crippen LogP contribution in [0.15, 0.2) is 18.3 Å². The van der Waals surface area contributed by atoms with Gasteiger partial charge in [-0.05, 0) is 43.7 Å². The molecular weight excluding hydrogens is 432 g/mol. The van der Waals surface area contributed by atoms with E-state index in [0.717, 1.165) is 24.6 Å². The first-order valence-electron chi connectivity index (χ1n) is 10.9. The SMILES string of the molecule is N#C[C@H](C[C@@H]1CCCNC1=O)NC(=O)[C@H](CC1CC1)NC(=O)c1cc2cc(Cl)ncc2[nH]1. The zero-order valence-corrected chi connectivity index (χ0v) is 18.2. The van der Waals surface area contributed by atoms with E-state index in [-0.39, 0.29) is 18.2 Å². The van der Waals surface area contributed by atoms with Crippen LogP contribution in [-0.4, -0.2) is 46.3 Å². The number of carbonyl (C=O) groups excluding carboxylic acids is 3. The van der Waals surface area contributed by atoms with Crippen molar-refractivity contribution >= 4 is 40.2 Å². The molecule has 0 aromatic carbocycles. The zero-order chi connectivity index (χ0) is 22.7. The molecule has 2 fully saturated rings. The maximum atomic E-state index is 13.0. The Balaban J connectivity index is 1.42. The fourth-order valence-electron chi connectivity index (χ4n) is 4.04. The fraction of sp³-hybridized carbons (Fsp3) is 0.500. The molecule has 0 bridgehead atoms. The van der Waals surface area contributed by atoms with Crippen molar-refractivity contribution in [3.05, 3.63) is 29.2 Å². The lowest BCUT2D eigenvalue weighted by Gasteiger charge is -2.25. The van der Waals surface area contributed by atoms with Crippen molar-refractivity contribution in [2.24, 2.45) is 11.8 Å². The van der Waals surface area contributed by atoms with Gasteiger partial charge in [0, 0.05) is 17.8 Å². The molecule has 3 heterocycles. The van der Waals surface area contributed by atoms with Crippen LogP contribution in [0.5, 0.6) is 0 Å². The number of amides is 3. The Bertz CT molecular complexity index is 1070. The number of carbonyl (C=O) groups is 3. The van der Waals surface area contributed by atoms with Gasteiger partial charge in [-0.1, -0.05) is 24.4 Å². The molecule has 32 heavy (non-hydrogen) atoms. The van der Waals surface area contributed by atoms with Crippen molar-refractivity contribution < 1.29 is 14.4 Å². The summed E-state index contributed by atoms with van der Waals surface area (Å²) in [7, 11) is 0. The third-order valence-electron chi connectivity index (χ3n) is 6.00. The van der Waals surface area contributed by atoms with Gasteiger partial charge in [-0.25, -0.2) is 4.98 Å². The summed E-state index contributed by atoms with van der Waals surface area (Å²) in [5.74, 6) is -0.826. The Morgan fingerprint density at radius 1 is 1.25 bits per heavy atom. The summed E-state index contributed by atoms with van der Waals surface area (Å²) in [4.78, 5) is 44.8. The zero-order valence-electron chi connectivity index (χ0n) is 17.5. The van der Waals surface area contributed by atoms with Crippen molar-refractivity contribution in [3.8, 4) is 6.07 Å². The van der Waals surface area contributed by atoms with Crippen molar-refractivity contribution in [1.29, 1.82) is 5.26 Å². The molecule has 2 aromatic rings. The molecule has 9 nitrogen and oxygen atoms in total. The van der Waals surface area contributed by atoms with E-state index in [1.165, 1.54) is 0 Å². The van der Waals surface area contributed by atoms with Gasteiger partial charge < -0.3 is 20.9 Å². The number of rotatable bonds is 8. The first kappa shape index (κ1) is 22.1. The Morgan fingerprint density at radius 2 is 2.06 bits per heavy atom. The number of halogens is 1. The van der Waals surface area contributed by atoms with Gasteiger partial charge in [0.25, 0.3) is 5.91 Å². The Kier molecular flexibility index (Phi) is 6.61. The maximum absolute atomic E-state index is 13.0. The standard InChI is InChI=1S/C22H25ClN6O3/c23-19-9-14-8-17(28-18(14)11-26-19)22(32)29-16(6-12-3-4-12)21(31)27-15(10-24)7-13-2-1-5-25-20(13)30/h8-9,11-13,15-16,28H,1-7H2,(H,25,30)(H,27,31)(H,29,32)/t13-,15-,16-/m0/s1. The van der Waals surface area contributed by atoms with Crippen LogP contribution in [0.1, 0.15) is 49.0 Å². The summed E-state index contributed by atoms with van der Waals surface area (Å²) in [6.07, 6.45) is 5.89. The number of nitrogens with one attached hydrogen (secondary N) is 4.